The standard InChI is InChI=1S/C25H25N7O5/c1-24(2,3)37-22(34)30-13-8-15-18(30)27-14-28-19(15)36-23(35)32-21(33)31-17-7-5-4-6-16(17)29-20(31)25(32)9-11-26-12-10-25/h4-8,13-14,26H,9-12H2,1-3H3. The van der Waals surface area contributed by atoms with Gasteiger partial charge in [-0.15, -0.1) is 0 Å². The maximum atomic E-state index is 13.7. The minimum atomic E-state index is -0.951. The highest BCUT2D eigenvalue weighted by Crippen LogP contribution is 2.44. The fourth-order valence-corrected chi connectivity index (χ4v) is 5.05. The van der Waals surface area contributed by atoms with E-state index in [1.807, 2.05) is 18.2 Å². The van der Waals surface area contributed by atoms with E-state index < -0.39 is 29.4 Å². The molecule has 12 heteroatoms. The van der Waals surface area contributed by atoms with Gasteiger partial charge in [0.25, 0.3) is 0 Å². The van der Waals surface area contributed by atoms with E-state index in [-0.39, 0.29) is 11.5 Å². The minimum absolute atomic E-state index is 0.0661. The van der Waals surface area contributed by atoms with Gasteiger partial charge in [-0.05, 0) is 64.9 Å². The molecule has 2 aliphatic rings. The summed E-state index contributed by atoms with van der Waals surface area (Å²) in [5.74, 6) is 0.463. The Balaban J connectivity index is 1.37. The van der Waals surface area contributed by atoms with Gasteiger partial charge in [-0.1, -0.05) is 12.1 Å². The number of piperidine rings is 1. The smallest absolute Gasteiger partial charge is 0.425 e. The molecule has 12 nitrogen and oxygen atoms in total. The topological polar surface area (TPSA) is 133 Å². The van der Waals surface area contributed by atoms with Gasteiger partial charge in [0.05, 0.1) is 16.4 Å². The van der Waals surface area contributed by atoms with Crippen molar-refractivity contribution in [2.45, 2.75) is 44.8 Å². The van der Waals surface area contributed by atoms with Crippen molar-refractivity contribution < 1.29 is 23.9 Å². The number of rotatable bonds is 1. The molecule has 1 aromatic carbocycles. The van der Waals surface area contributed by atoms with Crippen LogP contribution in [-0.2, 0) is 10.3 Å². The summed E-state index contributed by atoms with van der Waals surface area (Å²) in [5.41, 5.74) is -0.112. The van der Waals surface area contributed by atoms with Crippen molar-refractivity contribution in [2.24, 2.45) is 0 Å². The van der Waals surface area contributed by atoms with Crippen molar-refractivity contribution in [3.8, 4) is 5.88 Å². The summed E-state index contributed by atoms with van der Waals surface area (Å²) in [6.07, 6.45) is 2.15. The second-order valence-corrected chi connectivity index (χ2v) is 10.1. The number of imidazole rings is 1. The van der Waals surface area contributed by atoms with Crippen LogP contribution in [0.1, 0.15) is 39.4 Å². The normalized spacial score (nSPS) is 16.9. The summed E-state index contributed by atoms with van der Waals surface area (Å²) in [5, 5.41) is 3.61. The van der Waals surface area contributed by atoms with Crippen molar-refractivity contribution in [1.82, 2.24) is 34.3 Å². The Kier molecular flexibility index (Phi) is 5.06. The van der Waals surface area contributed by atoms with Gasteiger partial charge in [-0.2, -0.15) is 0 Å². The molecule has 3 aromatic heterocycles. The van der Waals surface area contributed by atoms with Crippen LogP contribution < -0.4 is 10.1 Å². The van der Waals surface area contributed by atoms with Gasteiger partial charge in [-0.25, -0.2) is 43.4 Å². The van der Waals surface area contributed by atoms with Gasteiger partial charge in [0.2, 0.25) is 5.88 Å². The van der Waals surface area contributed by atoms with Gasteiger partial charge >= 0.3 is 18.2 Å². The first-order chi connectivity index (χ1) is 17.7. The molecule has 2 amide bonds. The number of carbonyl (C=O) groups is 3. The molecular weight excluding hydrogens is 478 g/mol. The number of para-hydroxylation sites is 2. The molecule has 2 aliphatic heterocycles. The molecule has 1 saturated heterocycles. The molecule has 0 radical (unpaired) electrons. The highest BCUT2D eigenvalue weighted by molar-refractivity contribution is 6.02. The number of aromatic nitrogens is 5. The zero-order valence-corrected chi connectivity index (χ0v) is 20.6. The number of hydrogen-bond donors (Lipinski definition) is 1. The number of hydrogen-bond acceptors (Lipinski definition) is 9. The zero-order chi connectivity index (χ0) is 25.9. The molecule has 190 valence electrons. The van der Waals surface area contributed by atoms with Crippen LogP contribution >= 0.6 is 0 Å². The lowest BCUT2D eigenvalue weighted by Crippen LogP contribution is -2.54. The van der Waals surface area contributed by atoms with Gasteiger partial charge in [0.15, 0.2) is 5.65 Å². The van der Waals surface area contributed by atoms with Crippen LogP contribution in [0, 0.1) is 0 Å². The predicted molar refractivity (Wildman–Crippen MR) is 131 cm³/mol. The summed E-state index contributed by atoms with van der Waals surface area (Å²) in [4.78, 5) is 54.2. The van der Waals surface area contributed by atoms with Crippen LogP contribution in [-0.4, -0.2) is 65.9 Å². The van der Waals surface area contributed by atoms with Crippen molar-refractivity contribution in [1.29, 1.82) is 0 Å². The van der Waals surface area contributed by atoms with Gasteiger partial charge in [0, 0.05) is 6.20 Å². The number of carbonyl (C=O) groups excluding carboxylic acids is 3. The van der Waals surface area contributed by atoms with Crippen molar-refractivity contribution in [2.75, 3.05) is 13.1 Å². The van der Waals surface area contributed by atoms with Crippen LogP contribution in [0.5, 0.6) is 5.88 Å². The van der Waals surface area contributed by atoms with Crippen molar-refractivity contribution >= 4 is 40.3 Å². The third-order valence-electron chi connectivity index (χ3n) is 6.62. The Morgan fingerprint density at radius 3 is 2.57 bits per heavy atom. The number of nitrogens with one attached hydrogen (secondary N) is 1. The van der Waals surface area contributed by atoms with E-state index in [1.165, 1.54) is 21.7 Å². The van der Waals surface area contributed by atoms with E-state index in [2.05, 4.69) is 15.3 Å². The Labute approximate surface area is 211 Å². The first-order valence-corrected chi connectivity index (χ1v) is 12.0. The first-order valence-electron chi connectivity index (χ1n) is 12.0. The Bertz CT molecular complexity index is 1580. The summed E-state index contributed by atoms with van der Waals surface area (Å²) in [6.45, 7) is 6.50. The summed E-state index contributed by atoms with van der Waals surface area (Å²) in [6, 6.07) is 8.38. The second-order valence-electron chi connectivity index (χ2n) is 10.1. The average Bonchev–Trinajstić information content (AvgIpc) is 3.51. The Morgan fingerprint density at radius 1 is 1.05 bits per heavy atom. The number of imide groups is 1. The van der Waals surface area contributed by atoms with Gasteiger partial charge in [0.1, 0.15) is 23.3 Å². The molecule has 0 aliphatic carbocycles. The predicted octanol–water partition coefficient (Wildman–Crippen LogP) is 3.63. The average molecular weight is 504 g/mol. The van der Waals surface area contributed by atoms with E-state index in [9.17, 15) is 14.4 Å². The fourth-order valence-electron chi connectivity index (χ4n) is 5.05. The van der Waals surface area contributed by atoms with Crippen molar-refractivity contribution in [3.63, 3.8) is 0 Å². The molecule has 1 N–H and O–H groups in total. The van der Waals surface area contributed by atoms with Crippen molar-refractivity contribution in [3.05, 3.63) is 48.7 Å². The molecular formula is C25H25N7O5. The minimum Gasteiger partial charge on any atom is -0.443 e. The molecule has 6 rings (SSSR count). The molecule has 1 spiro atoms. The summed E-state index contributed by atoms with van der Waals surface area (Å²) in [7, 11) is 0. The first kappa shape index (κ1) is 23.1. The van der Waals surface area contributed by atoms with Crippen LogP contribution in [0.3, 0.4) is 0 Å². The van der Waals surface area contributed by atoms with Crippen LogP contribution in [0.15, 0.2) is 42.9 Å². The molecule has 4 aromatic rings. The molecule has 0 bridgehead atoms. The Morgan fingerprint density at radius 2 is 1.81 bits per heavy atom. The number of benzene rings is 1. The van der Waals surface area contributed by atoms with Crippen LogP contribution in [0.2, 0.25) is 0 Å². The number of ether oxygens (including phenoxy) is 2. The number of nitrogens with zero attached hydrogens (tertiary/aromatic N) is 6. The molecule has 5 heterocycles. The Hall–Kier alpha value is -4.32. The van der Waals surface area contributed by atoms with Crippen LogP contribution in [0.4, 0.5) is 14.4 Å². The highest BCUT2D eigenvalue weighted by atomic mass is 16.6. The number of amides is 2. The lowest BCUT2D eigenvalue weighted by Gasteiger charge is -2.37. The fraction of sp³-hybridized carbons (Fsp3) is 0.360. The van der Waals surface area contributed by atoms with E-state index in [0.717, 1.165) is 4.90 Å². The zero-order valence-electron chi connectivity index (χ0n) is 20.6. The second kappa shape index (κ2) is 8.10. The monoisotopic (exact) mass is 503 g/mol. The van der Waals surface area contributed by atoms with E-state index >= 15 is 0 Å². The van der Waals surface area contributed by atoms with E-state index in [1.54, 1.807) is 32.9 Å². The summed E-state index contributed by atoms with van der Waals surface area (Å²) >= 11 is 0. The maximum Gasteiger partial charge on any atom is 0.425 e. The van der Waals surface area contributed by atoms with E-state index in [0.29, 0.717) is 48.2 Å². The quantitative estimate of drug-likeness (QED) is 0.413. The third-order valence-corrected chi connectivity index (χ3v) is 6.62. The van der Waals surface area contributed by atoms with E-state index in [4.69, 9.17) is 14.5 Å². The highest BCUT2D eigenvalue weighted by Gasteiger charge is 2.56. The molecule has 0 atom stereocenters. The molecule has 37 heavy (non-hydrogen) atoms. The van der Waals surface area contributed by atoms with Gasteiger partial charge in [-0.3, -0.25) is 0 Å². The number of fused-ring (bicyclic) bond motifs is 5. The lowest BCUT2D eigenvalue weighted by molar-refractivity contribution is 0.0543. The van der Waals surface area contributed by atoms with Gasteiger partial charge < -0.3 is 14.8 Å². The molecule has 1 fully saturated rings. The summed E-state index contributed by atoms with van der Waals surface area (Å²) < 4.78 is 13.9. The SMILES string of the molecule is CC(C)(C)OC(=O)n1ccc2c(OC(=O)N3C(=O)n4c(nc5ccccc54)C34CCNCC4)ncnc21. The van der Waals surface area contributed by atoms with Crippen LogP contribution in [0.25, 0.3) is 22.1 Å². The lowest BCUT2D eigenvalue weighted by atomic mass is 9.87. The largest absolute Gasteiger partial charge is 0.443 e. The third kappa shape index (κ3) is 3.55. The maximum absolute atomic E-state index is 13.7. The molecule has 0 saturated carbocycles. The molecule has 0 unspecified atom stereocenters.